The van der Waals surface area contributed by atoms with E-state index in [2.05, 4.69) is 20.7 Å². The molecule has 0 spiro atoms. The Morgan fingerprint density at radius 3 is 2.78 bits per heavy atom. The summed E-state index contributed by atoms with van der Waals surface area (Å²) in [6, 6.07) is 8.33. The Morgan fingerprint density at radius 2 is 2.16 bits per heavy atom. The first-order chi connectivity index (χ1) is 15.3. The Labute approximate surface area is 184 Å². The quantitative estimate of drug-likeness (QED) is 0.439. The highest BCUT2D eigenvalue weighted by atomic mass is 19.1. The van der Waals surface area contributed by atoms with Crippen molar-refractivity contribution >= 4 is 22.5 Å². The molecular weight excluding hydrogens is 411 g/mol. The number of carbonyl (C=O) groups is 1. The van der Waals surface area contributed by atoms with Gasteiger partial charge in [0.05, 0.1) is 35.1 Å². The van der Waals surface area contributed by atoms with Crippen molar-refractivity contribution in [3.05, 3.63) is 65.5 Å². The molecule has 8 nitrogen and oxygen atoms in total. The summed E-state index contributed by atoms with van der Waals surface area (Å²) in [5.74, 6) is -1.29. The predicted octanol–water partition coefficient (Wildman–Crippen LogP) is 2.55. The van der Waals surface area contributed by atoms with Gasteiger partial charge in [0.25, 0.3) is 5.91 Å². The average molecular weight is 436 g/mol. The second-order valence-corrected chi connectivity index (χ2v) is 7.97. The maximum absolute atomic E-state index is 14.6. The lowest BCUT2D eigenvalue weighted by molar-refractivity contribution is 0.100. The molecule has 4 rings (SSSR count). The molecule has 1 aliphatic rings. The van der Waals surface area contributed by atoms with Crippen molar-refractivity contribution in [3.8, 4) is 11.1 Å². The van der Waals surface area contributed by atoms with Gasteiger partial charge in [0.15, 0.2) is 0 Å². The number of carbonyl (C=O) groups excluding carboxylic acids is 1. The van der Waals surface area contributed by atoms with Crippen molar-refractivity contribution < 1.29 is 14.3 Å². The molecule has 0 saturated carbocycles. The number of nitrogens with zero attached hydrogens (tertiary/aromatic N) is 3. The van der Waals surface area contributed by atoms with Gasteiger partial charge in [0.2, 0.25) is 5.95 Å². The number of anilines is 1. The van der Waals surface area contributed by atoms with Gasteiger partial charge in [-0.25, -0.2) is 10.4 Å². The number of aliphatic hydroxyl groups excluding tert-OH is 1. The lowest BCUT2D eigenvalue weighted by Gasteiger charge is -2.26. The summed E-state index contributed by atoms with van der Waals surface area (Å²) in [5, 5.41) is 15.2. The SMILES string of the molecule is CC1=CN(C)NC1C(C)Nc1c(C(N)=O)cnc2ccc(-c3ccc(CO)nc3F)cc12. The number of nitrogens with one attached hydrogen (secondary N) is 2. The third kappa shape index (κ3) is 4.00. The number of halogens is 1. The van der Waals surface area contributed by atoms with E-state index in [-0.39, 0.29) is 35.5 Å². The molecule has 0 bridgehead atoms. The molecule has 32 heavy (non-hydrogen) atoms. The van der Waals surface area contributed by atoms with Crippen molar-refractivity contribution in [2.45, 2.75) is 32.5 Å². The number of hydrogen-bond donors (Lipinski definition) is 4. The van der Waals surface area contributed by atoms with Gasteiger partial charge in [-0.15, -0.1) is 0 Å². The van der Waals surface area contributed by atoms with Gasteiger partial charge in [0, 0.05) is 36.4 Å². The zero-order valence-corrected chi connectivity index (χ0v) is 18.1. The fourth-order valence-corrected chi connectivity index (χ4v) is 4.04. The zero-order chi connectivity index (χ0) is 23.0. The summed E-state index contributed by atoms with van der Waals surface area (Å²) < 4.78 is 14.6. The molecule has 3 aromatic rings. The molecule has 2 unspecified atom stereocenters. The average Bonchev–Trinajstić information content (AvgIpc) is 3.11. The number of rotatable bonds is 6. The summed E-state index contributed by atoms with van der Waals surface area (Å²) in [6.07, 6.45) is 3.46. The molecule has 1 aromatic carbocycles. The lowest BCUT2D eigenvalue weighted by atomic mass is 9.99. The second-order valence-electron chi connectivity index (χ2n) is 7.97. The van der Waals surface area contributed by atoms with Gasteiger partial charge in [-0.05, 0) is 49.2 Å². The fourth-order valence-electron chi connectivity index (χ4n) is 4.04. The summed E-state index contributed by atoms with van der Waals surface area (Å²) >= 11 is 0. The Bertz CT molecular complexity index is 1230. The second kappa shape index (κ2) is 8.52. The standard InChI is InChI=1S/C23H25FN6O2/c1-12-10-30(3)29-20(12)13(2)27-21-17-8-14(16-6-5-15(11-31)28-22(16)24)4-7-19(17)26-9-18(21)23(25)32/h4-10,13,20,29,31H,11H2,1-3H3,(H2,25,32)(H,26,27). The van der Waals surface area contributed by atoms with E-state index in [1.54, 1.807) is 30.3 Å². The van der Waals surface area contributed by atoms with Crippen LogP contribution in [0.25, 0.3) is 22.0 Å². The monoisotopic (exact) mass is 436 g/mol. The van der Waals surface area contributed by atoms with E-state index in [0.29, 0.717) is 22.2 Å². The highest BCUT2D eigenvalue weighted by molar-refractivity contribution is 6.07. The first-order valence-electron chi connectivity index (χ1n) is 10.2. The first kappa shape index (κ1) is 21.7. The normalized spacial score (nSPS) is 16.8. The molecule has 3 heterocycles. The smallest absolute Gasteiger partial charge is 0.252 e. The highest BCUT2D eigenvalue weighted by Crippen LogP contribution is 2.32. The van der Waals surface area contributed by atoms with E-state index in [9.17, 15) is 14.3 Å². The maximum Gasteiger partial charge on any atom is 0.252 e. The largest absolute Gasteiger partial charge is 0.390 e. The van der Waals surface area contributed by atoms with Gasteiger partial charge in [-0.3, -0.25) is 9.78 Å². The number of primary amides is 1. The third-order valence-corrected chi connectivity index (χ3v) is 5.62. The Balaban J connectivity index is 1.81. The molecular formula is C23H25FN6O2. The van der Waals surface area contributed by atoms with Gasteiger partial charge in [-0.1, -0.05) is 6.07 Å². The van der Waals surface area contributed by atoms with Crippen molar-refractivity contribution in [2.75, 3.05) is 12.4 Å². The Morgan fingerprint density at radius 1 is 1.38 bits per heavy atom. The molecule has 2 atom stereocenters. The van der Waals surface area contributed by atoms with Gasteiger partial charge in [-0.2, -0.15) is 4.39 Å². The summed E-state index contributed by atoms with van der Waals surface area (Å²) in [4.78, 5) is 20.3. The minimum Gasteiger partial charge on any atom is -0.390 e. The molecule has 2 aromatic heterocycles. The number of aromatic nitrogens is 2. The molecule has 166 valence electrons. The van der Waals surface area contributed by atoms with Crippen molar-refractivity contribution in [1.82, 2.24) is 20.4 Å². The van der Waals surface area contributed by atoms with Crippen molar-refractivity contribution in [3.63, 3.8) is 0 Å². The van der Waals surface area contributed by atoms with E-state index >= 15 is 0 Å². The van der Waals surface area contributed by atoms with E-state index in [0.717, 1.165) is 5.57 Å². The highest BCUT2D eigenvalue weighted by Gasteiger charge is 2.26. The molecule has 0 radical (unpaired) electrons. The molecule has 0 aliphatic carbocycles. The van der Waals surface area contributed by atoms with Crippen LogP contribution in [-0.2, 0) is 6.61 Å². The van der Waals surface area contributed by atoms with Crippen LogP contribution in [0.5, 0.6) is 0 Å². The molecule has 1 amide bonds. The van der Waals surface area contributed by atoms with Crippen molar-refractivity contribution in [2.24, 2.45) is 5.73 Å². The number of hydrazine groups is 1. The van der Waals surface area contributed by atoms with Crippen LogP contribution in [0.1, 0.15) is 29.9 Å². The zero-order valence-electron chi connectivity index (χ0n) is 18.1. The third-order valence-electron chi connectivity index (χ3n) is 5.62. The number of amides is 1. The van der Waals surface area contributed by atoms with Gasteiger partial charge < -0.3 is 21.2 Å². The number of benzene rings is 1. The van der Waals surface area contributed by atoms with Crippen LogP contribution in [0.3, 0.4) is 0 Å². The van der Waals surface area contributed by atoms with Crippen LogP contribution in [0.15, 0.2) is 48.3 Å². The fraction of sp³-hybridized carbons (Fsp3) is 0.261. The molecule has 0 saturated heterocycles. The minimum absolute atomic E-state index is 0.0137. The van der Waals surface area contributed by atoms with E-state index in [1.807, 2.05) is 32.1 Å². The summed E-state index contributed by atoms with van der Waals surface area (Å²) in [7, 11) is 1.92. The van der Waals surface area contributed by atoms with Crippen LogP contribution in [0.4, 0.5) is 10.1 Å². The summed E-state index contributed by atoms with van der Waals surface area (Å²) in [5.41, 5.74) is 12.7. The van der Waals surface area contributed by atoms with E-state index in [4.69, 9.17) is 5.73 Å². The van der Waals surface area contributed by atoms with E-state index in [1.165, 1.54) is 6.20 Å². The number of nitrogens with two attached hydrogens (primary N) is 1. The summed E-state index contributed by atoms with van der Waals surface area (Å²) in [6.45, 7) is 3.69. The van der Waals surface area contributed by atoms with Crippen LogP contribution in [-0.4, -0.2) is 45.1 Å². The molecule has 1 aliphatic heterocycles. The Hall–Kier alpha value is -3.56. The molecule has 0 fully saturated rings. The van der Waals surface area contributed by atoms with Crippen molar-refractivity contribution in [1.29, 1.82) is 0 Å². The predicted molar refractivity (Wildman–Crippen MR) is 121 cm³/mol. The number of hydrogen-bond acceptors (Lipinski definition) is 7. The lowest BCUT2D eigenvalue weighted by Crippen LogP contribution is -2.44. The van der Waals surface area contributed by atoms with Gasteiger partial charge >= 0.3 is 0 Å². The molecule has 9 heteroatoms. The van der Waals surface area contributed by atoms with Crippen LogP contribution >= 0.6 is 0 Å². The minimum atomic E-state index is -0.684. The molecule has 5 N–H and O–H groups in total. The van der Waals surface area contributed by atoms with Crippen LogP contribution in [0.2, 0.25) is 0 Å². The number of fused-ring (bicyclic) bond motifs is 1. The number of pyridine rings is 2. The Kier molecular flexibility index (Phi) is 5.77. The first-order valence-corrected chi connectivity index (χ1v) is 10.2. The number of aliphatic hydroxyl groups is 1. The topological polar surface area (TPSA) is 116 Å². The maximum atomic E-state index is 14.6. The van der Waals surface area contributed by atoms with Crippen LogP contribution < -0.4 is 16.5 Å². The van der Waals surface area contributed by atoms with E-state index < -0.39 is 11.9 Å². The van der Waals surface area contributed by atoms with Crippen LogP contribution in [0, 0.1) is 5.95 Å². The van der Waals surface area contributed by atoms with Gasteiger partial charge in [0.1, 0.15) is 0 Å².